The van der Waals surface area contributed by atoms with Crippen molar-refractivity contribution in [1.29, 1.82) is 0 Å². The number of rotatable bonds is 6. The number of fused-ring (bicyclic) bond motifs is 12. The molecule has 14 nitrogen and oxygen atoms in total. The number of hydrogen-bond donors (Lipinski definition) is 0. The summed E-state index contributed by atoms with van der Waals surface area (Å²) in [5, 5.41) is 12.6. The quantitative estimate of drug-likeness (QED) is 0.159. The number of para-hydroxylation sites is 2. The van der Waals surface area contributed by atoms with E-state index in [9.17, 15) is 0 Å². The lowest BCUT2D eigenvalue weighted by Gasteiger charge is -2.34. The van der Waals surface area contributed by atoms with Gasteiger partial charge in [-0.3, -0.25) is 0 Å². The van der Waals surface area contributed by atoms with Gasteiger partial charge in [-0.2, -0.15) is 0 Å². The van der Waals surface area contributed by atoms with Gasteiger partial charge >= 0.3 is 0 Å². The van der Waals surface area contributed by atoms with Gasteiger partial charge in [-0.1, -0.05) is 146 Å². The highest BCUT2D eigenvalue weighted by atomic mass is 15.5. The van der Waals surface area contributed by atoms with E-state index in [1.54, 1.807) is 0 Å². The van der Waals surface area contributed by atoms with Gasteiger partial charge in [0.1, 0.15) is 37.0 Å². The molecule has 14 heteroatoms. The zero-order valence-corrected chi connectivity index (χ0v) is 67.0. The molecule has 8 heterocycles. The Balaban J connectivity index is 0.000000113. The molecule has 21 rings (SSSR count). The van der Waals surface area contributed by atoms with Crippen molar-refractivity contribution in [3.63, 3.8) is 0 Å². The molecule has 112 heavy (non-hydrogen) atoms. The fourth-order valence-corrected chi connectivity index (χ4v) is 18.8. The molecule has 2 aromatic heterocycles. The summed E-state index contributed by atoms with van der Waals surface area (Å²) >= 11 is 0. The molecule has 558 valence electrons. The molecule has 0 saturated heterocycles. The number of aromatic nitrogens is 2. The zero-order valence-electron chi connectivity index (χ0n) is 67.0. The zero-order chi connectivity index (χ0) is 77.1. The van der Waals surface area contributed by atoms with Gasteiger partial charge in [0.05, 0.1) is 67.9 Å². The number of nitrogens with zero attached hydrogens (tertiary/aromatic N) is 14. The summed E-state index contributed by atoms with van der Waals surface area (Å²) in [6.45, 7) is 22.7. The van der Waals surface area contributed by atoms with Gasteiger partial charge in [-0.15, -0.1) is 0 Å². The summed E-state index contributed by atoms with van der Waals surface area (Å²) in [7, 11) is 13.1. The molecule has 0 aliphatic carbocycles. The molecule has 0 amide bonds. The highest BCUT2D eigenvalue weighted by molar-refractivity contribution is 6.04. The molecule has 6 atom stereocenters. The van der Waals surface area contributed by atoms with Gasteiger partial charge in [0, 0.05) is 87.2 Å². The van der Waals surface area contributed by atoms with Gasteiger partial charge in [-0.25, -0.2) is 9.97 Å². The van der Waals surface area contributed by atoms with E-state index in [2.05, 4.69) is 425 Å². The Morgan fingerprint density at radius 1 is 0.196 bits per heavy atom. The van der Waals surface area contributed by atoms with Gasteiger partial charge in [0.25, 0.3) is 0 Å². The predicted molar refractivity (Wildman–Crippen MR) is 478 cm³/mol. The number of hydrogen-bond acceptors (Lipinski definition) is 14. The van der Waals surface area contributed by atoms with Crippen LogP contribution < -0.4 is 58.8 Å². The molecule has 0 fully saturated rings. The van der Waals surface area contributed by atoms with Crippen LogP contribution in [0.15, 0.2) is 255 Å². The van der Waals surface area contributed by atoms with E-state index in [0.717, 1.165) is 44.8 Å². The van der Waals surface area contributed by atoms with E-state index in [-0.39, 0.29) is 37.0 Å². The predicted octanol–water partition coefficient (Wildman–Crippen LogP) is 23.6. The summed E-state index contributed by atoms with van der Waals surface area (Å²) < 4.78 is 0. The molecule has 6 aliphatic rings. The van der Waals surface area contributed by atoms with E-state index >= 15 is 0 Å². The minimum absolute atomic E-state index is 0.140. The number of pyridine rings is 2. The molecule has 13 aromatic carbocycles. The topological polar surface area (TPSA) is 64.7 Å². The first-order valence-electron chi connectivity index (χ1n) is 39.5. The van der Waals surface area contributed by atoms with Crippen LogP contribution in [0, 0.1) is 27.7 Å². The second kappa shape index (κ2) is 26.5. The molecule has 0 unspecified atom stereocenters. The Bertz CT molecular complexity index is 5710. The third-order valence-electron chi connectivity index (χ3n) is 25.7. The largest absolute Gasteiger partial charge is 0.352 e. The average molecular weight is 1470 g/mol. The van der Waals surface area contributed by atoms with Crippen LogP contribution in [0.3, 0.4) is 0 Å². The minimum atomic E-state index is 0.140. The standard InChI is InChI=1S/C34H34N4.C33H32N4.C31H30N6/c1-21-15-29(37-23(3)35(5)31-17-25-11-7-9-13-27(25)19-33(31)37)22(2)30(16-21)38-24(4)36(6)32-18-26-12-8-10-14-28(26)20-34(32)38;1-21-28(36-22(2)34(4)30-17-24-11-6-8-13-26(24)19-32(30)36)15-10-16-29(21)37-23(3)35(5)31-18-25-12-7-9-14-27(25)20-33(31)37;1-19-26(36-20(2)34(4)28-17-22-11-6-8-13-24(22)32-30(28)36)15-10-16-27(19)37-21(3)35(5)29-18-23-12-7-9-14-25(23)33-31(29)37/h7-20,23-24H,1-6H3;6-20,22-23H,1-5H3;6-18,20-21H,1-5H3/t23-,24+;22-,23+;20-,21+. The molecule has 0 spiro atoms. The summed E-state index contributed by atoms with van der Waals surface area (Å²) in [6, 6.07) is 92.7. The molecule has 6 aliphatic heterocycles. The highest BCUT2D eigenvalue weighted by Crippen LogP contribution is 2.56. The van der Waals surface area contributed by atoms with Crippen LogP contribution >= 0.6 is 0 Å². The molecule has 0 N–H and O–H groups in total. The van der Waals surface area contributed by atoms with Crippen LogP contribution in [0.4, 0.5) is 103 Å². The SMILES string of the molecule is Cc1c(N2c3cc4ccccc4cc3N(C)[C@H]2C)cccc1N1c2cc3ccccc3cc2N(C)[C@@H]1C.Cc1c(N2c3nc4ccccc4cc3N(C)[C@H]2C)cccc1N1c2nc3ccccc3cc2N(C)[C@@H]1C.Cc1cc(N2c3cc4ccccc4cc3N(C)[C@H]2C)c(C)c(N2c3cc4ccccc4cc3N(C)[C@@H]2C)c1. The van der Waals surface area contributed by atoms with Crippen LogP contribution in [0.1, 0.15) is 63.8 Å². The summed E-state index contributed by atoms with van der Waals surface area (Å²) in [5.74, 6) is 2.01. The third-order valence-corrected chi connectivity index (χ3v) is 25.7. The van der Waals surface area contributed by atoms with Crippen molar-refractivity contribution < 1.29 is 0 Å². The van der Waals surface area contributed by atoms with Gasteiger partial charge in [-0.05, 0) is 244 Å². The van der Waals surface area contributed by atoms with Crippen LogP contribution in [-0.4, -0.2) is 89.2 Å². The van der Waals surface area contributed by atoms with Gasteiger partial charge in [0.2, 0.25) is 0 Å². The lowest BCUT2D eigenvalue weighted by atomic mass is 10.0. The van der Waals surface area contributed by atoms with E-state index in [0.29, 0.717) is 0 Å². The first-order chi connectivity index (χ1) is 54.2. The van der Waals surface area contributed by atoms with Crippen LogP contribution in [-0.2, 0) is 0 Å². The second-order valence-corrected chi connectivity index (χ2v) is 31.7. The molecule has 0 saturated carbocycles. The van der Waals surface area contributed by atoms with Crippen molar-refractivity contribution in [2.24, 2.45) is 0 Å². The lowest BCUT2D eigenvalue weighted by Crippen LogP contribution is -2.37. The second-order valence-electron chi connectivity index (χ2n) is 31.7. The molecule has 0 bridgehead atoms. The van der Waals surface area contributed by atoms with E-state index in [1.807, 2.05) is 0 Å². The molecule has 0 radical (unpaired) electrons. The average Bonchev–Trinajstić information content (AvgIpc) is 1.57. The Morgan fingerprint density at radius 2 is 0.402 bits per heavy atom. The van der Waals surface area contributed by atoms with Crippen LogP contribution in [0.5, 0.6) is 0 Å². The maximum absolute atomic E-state index is 5.13. The first-order valence-corrected chi connectivity index (χ1v) is 39.5. The Morgan fingerprint density at radius 3 is 0.688 bits per heavy atom. The summed E-state index contributed by atoms with van der Waals surface area (Å²) in [5.41, 5.74) is 27.1. The first kappa shape index (κ1) is 69.8. The van der Waals surface area contributed by atoms with Crippen molar-refractivity contribution >= 4 is 168 Å². The van der Waals surface area contributed by atoms with Crippen LogP contribution in [0.25, 0.3) is 64.9 Å². The number of anilines is 18. The minimum Gasteiger partial charge on any atom is -0.352 e. The van der Waals surface area contributed by atoms with Gasteiger partial charge < -0.3 is 58.8 Å². The smallest absolute Gasteiger partial charge is 0.159 e. The summed E-state index contributed by atoms with van der Waals surface area (Å²) in [6.07, 6.45) is 1.14. The Labute approximate surface area is 658 Å². The van der Waals surface area contributed by atoms with Crippen molar-refractivity contribution in [2.45, 2.75) is 106 Å². The number of benzene rings is 13. The third kappa shape index (κ3) is 10.8. The van der Waals surface area contributed by atoms with Crippen molar-refractivity contribution in [2.75, 3.05) is 101 Å². The highest BCUT2D eigenvalue weighted by Gasteiger charge is 2.42. The maximum Gasteiger partial charge on any atom is 0.159 e. The molecular formula is C98H96N14. The van der Waals surface area contributed by atoms with Crippen molar-refractivity contribution in [1.82, 2.24) is 9.97 Å². The molecular weight excluding hydrogens is 1370 g/mol. The number of aryl methyl sites for hydroxylation is 1. The fraction of sp³-hybridized carbons (Fsp3) is 0.224. The normalized spacial score (nSPS) is 18.7. The van der Waals surface area contributed by atoms with Crippen LogP contribution in [0.2, 0.25) is 0 Å². The van der Waals surface area contributed by atoms with E-state index in [4.69, 9.17) is 9.97 Å². The Hall–Kier alpha value is -12.7. The Kier molecular flexibility index (Phi) is 16.5. The summed E-state index contributed by atoms with van der Waals surface area (Å²) in [4.78, 5) is 39.3. The van der Waals surface area contributed by atoms with Gasteiger partial charge in [0.15, 0.2) is 11.6 Å². The van der Waals surface area contributed by atoms with Crippen molar-refractivity contribution in [3.05, 3.63) is 277 Å². The maximum atomic E-state index is 5.13. The van der Waals surface area contributed by atoms with E-state index in [1.165, 1.54) is 145 Å². The monoisotopic (exact) mass is 1470 g/mol. The fourth-order valence-electron chi connectivity index (χ4n) is 18.8. The molecule has 15 aromatic rings. The van der Waals surface area contributed by atoms with Crippen molar-refractivity contribution in [3.8, 4) is 0 Å². The lowest BCUT2D eigenvalue weighted by molar-refractivity contribution is 0.722. The van der Waals surface area contributed by atoms with E-state index < -0.39 is 0 Å².